The average molecular weight is 384 g/mol. The van der Waals surface area contributed by atoms with E-state index < -0.39 is 0 Å². The first-order chi connectivity index (χ1) is 13.0. The van der Waals surface area contributed by atoms with Crippen LogP contribution in [-0.2, 0) is 24.3 Å². The van der Waals surface area contributed by atoms with Crippen LogP contribution < -0.4 is 15.8 Å². The highest BCUT2D eigenvalue weighted by atomic mass is 32.1. The Morgan fingerprint density at radius 1 is 1.26 bits per heavy atom. The highest BCUT2D eigenvalue weighted by molar-refractivity contribution is 7.15. The first-order valence-electron chi connectivity index (χ1n) is 8.49. The smallest absolute Gasteiger partial charge is 0.269 e. The third-order valence-corrected chi connectivity index (χ3v) is 4.85. The van der Waals surface area contributed by atoms with Gasteiger partial charge in [0.1, 0.15) is 11.6 Å². The minimum Gasteiger partial charge on any atom is -0.369 e. The molecular formula is C18H20N6O2S. The van der Waals surface area contributed by atoms with Crippen LogP contribution in [0, 0.1) is 0 Å². The highest BCUT2D eigenvalue weighted by Crippen LogP contribution is 2.15. The molecule has 1 N–H and O–H groups in total. The SMILES string of the molecule is CCc1nnc(NC(=O)Cn2ncc(N(C)Cc3ccccc3)cc2=O)s1. The molecule has 0 saturated carbocycles. The highest BCUT2D eigenvalue weighted by Gasteiger charge is 2.11. The van der Waals surface area contributed by atoms with Crippen LogP contribution in [-0.4, -0.2) is 32.9 Å². The molecule has 0 radical (unpaired) electrons. The monoisotopic (exact) mass is 384 g/mol. The number of rotatable bonds is 7. The molecule has 27 heavy (non-hydrogen) atoms. The summed E-state index contributed by atoms with van der Waals surface area (Å²) in [7, 11) is 1.89. The normalized spacial score (nSPS) is 10.6. The van der Waals surface area contributed by atoms with Gasteiger partial charge in [0.05, 0.1) is 11.9 Å². The van der Waals surface area contributed by atoms with Crippen molar-refractivity contribution in [3.05, 3.63) is 63.5 Å². The molecule has 3 aromatic rings. The summed E-state index contributed by atoms with van der Waals surface area (Å²) in [6, 6.07) is 11.4. The Bertz CT molecular complexity index is 969. The molecule has 2 aromatic heterocycles. The Morgan fingerprint density at radius 3 is 2.70 bits per heavy atom. The summed E-state index contributed by atoms with van der Waals surface area (Å²) in [4.78, 5) is 26.3. The van der Waals surface area contributed by atoms with E-state index in [-0.39, 0.29) is 18.0 Å². The first-order valence-corrected chi connectivity index (χ1v) is 9.31. The van der Waals surface area contributed by atoms with Crippen LogP contribution in [0.3, 0.4) is 0 Å². The largest absolute Gasteiger partial charge is 0.369 e. The summed E-state index contributed by atoms with van der Waals surface area (Å²) >= 11 is 1.31. The van der Waals surface area contributed by atoms with Crippen molar-refractivity contribution in [3.8, 4) is 0 Å². The Balaban J connectivity index is 1.63. The quantitative estimate of drug-likeness (QED) is 0.669. The molecule has 140 valence electrons. The molecule has 0 aliphatic carbocycles. The third-order valence-electron chi connectivity index (χ3n) is 3.87. The molecule has 0 atom stereocenters. The molecular weight excluding hydrogens is 364 g/mol. The molecule has 0 fully saturated rings. The molecule has 2 heterocycles. The molecule has 0 bridgehead atoms. The maximum Gasteiger partial charge on any atom is 0.269 e. The second kappa shape index (κ2) is 8.54. The number of anilines is 2. The lowest BCUT2D eigenvalue weighted by atomic mass is 10.2. The van der Waals surface area contributed by atoms with Crippen LogP contribution >= 0.6 is 11.3 Å². The summed E-state index contributed by atoms with van der Waals surface area (Å²) in [5, 5.41) is 15.8. The third kappa shape index (κ3) is 4.98. The molecule has 0 unspecified atom stereocenters. The molecule has 1 amide bonds. The zero-order valence-electron chi connectivity index (χ0n) is 15.1. The van der Waals surface area contributed by atoms with Gasteiger partial charge in [-0.1, -0.05) is 48.6 Å². The minimum atomic E-state index is -0.367. The molecule has 0 spiro atoms. The number of hydrogen-bond acceptors (Lipinski definition) is 7. The number of benzene rings is 1. The number of nitrogens with zero attached hydrogens (tertiary/aromatic N) is 5. The van der Waals surface area contributed by atoms with Crippen molar-refractivity contribution in [3.63, 3.8) is 0 Å². The zero-order valence-corrected chi connectivity index (χ0v) is 15.9. The van der Waals surface area contributed by atoms with E-state index in [0.29, 0.717) is 17.4 Å². The zero-order chi connectivity index (χ0) is 19.2. The van der Waals surface area contributed by atoms with Crippen molar-refractivity contribution in [2.75, 3.05) is 17.3 Å². The van der Waals surface area contributed by atoms with E-state index in [1.165, 1.54) is 17.4 Å². The van der Waals surface area contributed by atoms with Crippen LogP contribution in [0.5, 0.6) is 0 Å². The Hall–Kier alpha value is -3.07. The van der Waals surface area contributed by atoms with Crippen molar-refractivity contribution < 1.29 is 4.79 Å². The average Bonchev–Trinajstić information content (AvgIpc) is 3.11. The summed E-state index contributed by atoms with van der Waals surface area (Å²) < 4.78 is 1.12. The molecule has 1 aromatic carbocycles. The van der Waals surface area contributed by atoms with E-state index in [9.17, 15) is 9.59 Å². The maximum absolute atomic E-state index is 12.3. The van der Waals surface area contributed by atoms with E-state index in [0.717, 1.165) is 21.7 Å². The molecule has 0 saturated heterocycles. The lowest BCUT2D eigenvalue weighted by Gasteiger charge is -2.19. The van der Waals surface area contributed by atoms with E-state index in [4.69, 9.17) is 0 Å². The van der Waals surface area contributed by atoms with Gasteiger partial charge >= 0.3 is 0 Å². The van der Waals surface area contributed by atoms with Crippen molar-refractivity contribution >= 4 is 28.1 Å². The molecule has 0 aliphatic heterocycles. The van der Waals surface area contributed by atoms with Gasteiger partial charge in [-0.25, -0.2) is 4.68 Å². The maximum atomic E-state index is 12.3. The summed E-state index contributed by atoms with van der Waals surface area (Å²) in [6.45, 7) is 2.44. The fourth-order valence-electron chi connectivity index (χ4n) is 2.44. The van der Waals surface area contributed by atoms with Crippen LogP contribution in [0.4, 0.5) is 10.8 Å². The molecule has 0 aliphatic rings. The standard InChI is InChI=1S/C18H20N6O2S/c1-3-16-21-22-18(27-16)20-15(25)12-24-17(26)9-14(10-19-24)23(2)11-13-7-5-4-6-8-13/h4-10H,3,11-12H2,1-2H3,(H,20,22,25). The van der Waals surface area contributed by atoms with E-state index >= 15 is 0 Å². The van der Waals surface area contributed by atoms with E-state index in [1.807, 2.05) is 49.2 Å². The van der Waals surface area contributed by atoms with E-state index in [2.05, 4.69) is 20.6 Å². The number of aromatic nitrogens is 4. The lowest BCUT2D eigenvalue weighted by molar-refractivity contribution is -0.117. The van der Waals surface area contributed by atoms with Gasteiger partial charge in [0.15, 0.2) is 0 Å². The number of carbonyl (C=O) groups is 1. The minimum absolute atomic E-state index is 0.178. The predicted octanol–water partition coefficient (Wildman–Crippen LogP) is 1.93. The first kappa shape index (κ1) is 18.7. The summed E-state index contributed by atoms with van der Waals surface area (Å²) in [5.74, 6) is -0.367. The summed E-state index contributed by atoms with van der Waals surface area (Å²) in [6.07, 6.45) is 2.34. The fraction of sp³-hybridized carbons (Fsp3) is 0.278. The van der Waals surface area contributed by atoms with Gasteiger partial charge in [0, 0.05) is 19.7 Å². The number of aryl methyl sites for hydroxylation is 1. The van der Waals surface area contributed by atoms with Crippen LogP contribution in [0.2, 0.25) is 0 Å². The number of nitrogens with one attached hydrogen (secondary N) is 1. The van der Waals surface area contributed by atoms with Crippen molar-refractivity contribution in [1.29, 1.82) is 0 Å². The lowest BCUT2D eigenvalue weighted by Crippen LogP contribution is -2.30. The Morgan fingerprint density at radius 2 is 2.04 bits per heavy atom. The molecule has 8 nitrogen and oxygen atoms in total. The van der Waals surface area contributed by atoms with Gasteiger partial charge in [0.2, 0.25) is 11.0 Å². The molecule has 3 rings (SSSR count). The number of hydrogen-bond donors (Lipinski definition) is 1. The van der Waals surface area contributed by atoms with Gasteiger partial charge in [-0.3, -0.25) is 14.9 Å². The Labute approximate surface area is 160 Å². The summed E-state index contributed by atoms with van der Waals surface area (Å²) in [5.41, 5.74) is 1.48. The van der Waals surface area contributed by atoms with Gasteiger partial charge < -0.3 is 4.90 Å². The second-order valence-electron chi connectivity index (χ2n) is 5.95. The predicted molar refractivity (Wildman–Crippen MR) is 105 cm³/mol. The number of carbonyl (C=O) groups excluding carboxylic acids is 1. The van der Waals surface area contributed by atoms with Crippen LogP contribution in [0.15, 0.2) is 47.4 Å². The van der Waals surface area contributed by atoms with Crippen LogP contribution in [0.25, 0.3) is 0 Å². The van der Waals surface area contributed by atoms with Gasteiger partial charge in [-0.15, -0.1) is 10.2 Å². The molecule has 9 heteroatoms. The second-order valence-corrected chi connectivity index (χ2v) is 7.02. The van der Waals surface area contributed by atoms with Gasteiger partial charge in [-0.05, 0) is 12.0 Å². The van der Waals surface area contributed by atoms with E-state index in [1.54, 1.807) is 6.20 Å². The van der Waals surface area contributed by atoms with Crippen LogP contribution in [0.1, 0.15) is 17.5 Å². The number of amides is 1. The topological polar surface area (TPSA) is 93.0 Å². The fourth-order valence-corrected chi connectivity index (χ4v) is 3.14. The van der Waals surface area contributed by atoms with Gasteiger partial charge in [-0.2, -0.15) is 5.10 Å². The van der Waals surface area contributed by atoms with Crippen molar-refractivity contribution in [2.45, 2.75) is 26.4 Å². The Kier molecular flexibility index (Phi) is 5.92. The van der Waals surface area contributed by atoms with Crippen molar-refractivity contribution in [2.24, 2.45) is 0 Å². The van der Waals surface area contributed by atoms with Gasteiger partial charge in [0.25, 0.3) is 5.56 Å². The van der Waals surface area contributed by atoms with Crippen molar-refractivity contribution in [1.82, 2.24) is 20.0 Å².